The molecule has 1 amide bonds. The smallest absolute Gasteiger partial charge is 0.234 e. The molecule has 0 saturated carbocycles. The van der Waals surface area contributed by atoms with Crippen LogP contribution < -0.4 is 10.1 Å². The van der Waals surface area contributed by atoms with E-state index in [9.17, 15) is 14.4 Å². The first-order chi connectivity index (χ1) is 17.0. The van der Waals surface area contributed by atoms with E-state index in [2.05, 4.69) is 15.5 Å². The number of carbonyl (C=O) groups is 3. The summed E-state index contributed by atoms with van der Waals surface area (Å²) in [5.74, 6) is 0.832. The number of nitrogens with zero attached hydrogens (tertiary/aromatic N) is 3. The van der Waals surface area contributed by atoms with Crippen LogP contribution in [0.1, 0.15) is 31.8 Å². The van der Waals surface area contributed by atoms with Gasteiger partial charge in [0.15, 0.2) is 22.5 Å². The van der Waals surface area contributed by atoms with Crippen LogP contribution in [0, 0.1) is 0 Å². The second-order valence-corrected chi connectivity index (χ2v) is 8.84. The van der Waals surface area contributed by atoms with E-state index in [1.54, 1.807) is 49.6 Å². The average molecular weight is 485 g/mol. The highest BCUT2D eigenvalue weighted by molar-refractivity contribution is 7.99. The van der Waals surface area contributed by atoms with E-state index in [-0.39, 0.29) is 28.8 Å². The lowest BCUT2D eigenvalue weighted by atomic mass is 9.84. The highest BCUT2D eigenvalue weighted by Crippen LogP contribution is 2.29. The van der Waals surface area contributed by atoms with Crippen molar-refractivity contribution in [3.05, 3.63) is 89.0 Å². The zero-order valence-electron chi connectivity index (χ0n) is 18.9. The van der Waals surface area contributed by atoms with Crippen LogP contribution in [-0.2, 0) is 11.8 Å². The van der Waals surface area contributed by atoms with Gasteiger partial charge in [0, 0.05) is 40.6 Å². The topological polar surface area (TPSA) is 103 Å². The minimum absolute atomic E-state index is 0.0986. The van der Waals surface area contributed by atoms with E-state index in [0.29, 0.717) is 33.4 Å². The second-order valence-electron chi connectivity index (χ2n) is 7.89. The molecule has 0 unspecified atom stereocenters. The Morgan fingerprint density at radius 1 is 0.914 bits per heavy atom. The van der Waals surface area contributed by atoms with Gasteiger partial charge in [0.2, 0.25) is 5.91 Å². The largest absolute Gasteiger partial charge is 0.497 e. The summed E-state index contributed by atoms with van der Waals surface area (Å²) >= 11 is 1.25. The Labute approximate surface area is 205 Å². The molecule has 0 bridgehead atoms. The molecule has 4 aromatic rings. The summed E-state index contributed by atoms with van der Waals surface area (Å²) < 4.78 is 7.00. The van der Waals surface area contributed by atoms with Gasteiger partial charge in [0.05, 0.1) is 12.9 Å². The molecule has 1 aliphatic carbocycles. The molecular formula is C26H20N4O4S. The number of nitrogens with one attached hydrogen (secondary N) is 1. The van der Waals surface area contributed by atoms with Crippen LogP contribution in [0.5, 0.6) is 5.75 Å². The van der Waals surface area contributed by atoms with Crippen LogP contribution in [-0.4, -0.2) is 45.1 Å². The van der Waals surface area contributed by atoms with Crippen LogP contribution in [0.25, 0.3) is 11.4 Å². The standard InChI is InChI=1S/C26H20N4O4S/c1-30-25(15-7-10-17(34-2)11-8-15)28-29-26(30)35-14-22(31)27-16-9-12-20-21(13-16)24(33)19-6-4-3-5-18(19)23(20)32/h3-13H,14H2,1-2H3,(H,27,31). The van der Waals surface area contributed by atoms with Crippen molar-refractivity contribution in [3.63, 3.8) is 0 Å². The van der Waals surface area contributed by atoms with Crippen molar-refractivity contribution >= 4 is 34.9 Å². The Hall–Kier alpha value is -4.24. The maximum atomic E-state index is 12.9. The van der Waals surface area contributed by atoms with Crippen molar-refractivity contribution in [2.75, 3.05) is 18.2 Å². The van der Waals surface area contributed by atoms with Crippen molar-refractivity contribution in [2.24, 2.45) is 7.05 Å². The molecule has 1 heterocycles. The number of methoxy groups -OCH3 is 1. The van der Waals surface area contributed by atoms with Gasteiger partial charge in [-0.15, -0.1) is 10.2 Å². The Bertz CT molecular complexity index is 1480. The van der Waals surface area contributed by atoms with E-state index in [1.807, 2.05) is 35.9 Å². The fourth-order valence-electron chi connectivity index (χ4n) is 3.94. The predicted octanol–water partition coefficient (Wildman–Crippen LogP) is 4.00. The lowest BCUT2D eigenvalue weighted by Crippen LogP contribution is -2.21. The number of carbonyl (C=O) groups excluding carboxylic acids is 3. The summed E-state index contributed by atoms with van der Waals surface area (Å²) in [5, 5.41) is 11.8. The number of hydrogen-bond acceptors (Lipinski definition) is 7. The first-order valence-corrected chi connectivity index (χ1v) is 11.7. The maximum Gasteiger partial charge on any atom is 0.234 e. The third-order valence-corrected chi connectivity index (χ3v) is 6.74. The third kappa shape index (κ3) is 4.22. The van der Waals surface area contributed by atoms with E-state index in [4.69, 9.17) is 4.74 Å². The molecule has 5 rings (SSSR count). The highest BCUT2D eigenvalue weighted by Gasteiger charge is 2.29. The van der Waals surface area contributed by atoms with Crippen molar-refractivity contribution in [3.8, 4) is 17.1 Å². The first-order valence-electron chi connectivity index (χ1n) is 10.7. The minimum atomic E-state index is -0.265. The molecule has 1 aromatic heterocycles. The summed E-state index contributed by atoms with van der Waals surface area (Å²) in [6.45, 7) is 0. The van der Waals surface area contributed by atoms with Gasteiger partial charge in [-0.05, 0) is 42.5 Å². The lowest BCUT2D eigenvalue weighted by molar-refractivity contribution is -0.113. The molecule has 174 valence electrons. The second kappa shape index (κ2) is 9.19. The summed E-state index contributed by atoms with van der Waals surface area (Å²) in [4.78, 5) is 38.3. The minimum Gasteiger partial charge on any atom is -0.497 e. The van der Waals surface area contributed by atoms with Crippen molar-refractivity contribution in [2.45, 2.75) is 5.16 Å². The van der Waals surface area contributed by atoms with Gasteiger partial charge < -0.3 is 14.6 Å². The summed E-state index contributed by atoms with van der Waals surface area (Å²) in [6.07, 6.45) is 0. The van der Waals surface area contributed by atoms with Gasteiger partial charge >= 0.3 is 0 Å². The molecule has 0 fully saturated rings. The van der Waals surface area contributed by atoms with Gasteiger partial charge in [-0.3, -0.25) is 14.4 Å². The first kappa shape index (κ1) is 22.5. The SMILES string of the molecule is COc1ccc(-c2nnc(SCC(=O)Nc3ccc4c(c3)C(=O)c3ccccc3C4=O)n2C)cc1. The molecular weight excluding hydrogens is 464 g/mol. The van der Waals surface area contributed by atoms with Gasteiger partial charge in [0.1, 0.15) is 5.75 Å². The molecule has 3 aromatic carbocycles. The molecule has 1 aliphatic rings. The molecule has 0 saturated heterocycles. The average Bonchev–Trinajstić information content (AvgIpc) is 3.26. The van der Waals surface area contributed by atoms with Crippen LogP contribution in [0.15, 0.2) is 71.9 Å². The number of fused-ring (bicyclic) bond motifs is 2. The molecule has 0 spiro atoms. The normalized spacial score (nSPS) is 12.2. The highest BCUT2D eigenvalue weighted by atomic mass is 32.2. The number of hydrogen-bond donors (Lipinski definition) is 1. The predicted molar refractivity (Wildman–Crippen MR) is 132 cm³/mol. The molecule has 0 atom stereocenters. The van der Waals surface area contributed by atoms with Crippen molar-refractivity contribution in [1.29, 1.82) is 0 Å². The molecule has 9 heteroatoms. The Morgan fingerprint density at radius 2 is 1.57 bits per heavy atom. The number of anilines is 1. The molecule has 1 N–H and O–H groups in total. The summed E-state index contributed by atoms with van der Waals surface area (Å²) in [6, 6.07) is 19.0. The number of ketones is 2. The fraction of sp³-hybridized carbons (Fsp3) is 0.115. The zero-order valence-corrected chi connectivity index (χ0v) is 19.8. The van der Waals surface area contributed by atoms with Crippen LogP contribution in [0.2, 0.25) is 0 Å². The zero-order chi connectivity index (χ0) is 24.5. The number of ether oxygens (including phenoxy) is 1. The van der Waals surface area contributed by atoms with E-state index in [1.165, 1.54) is 11.8 Å². The third-order valence-electron chi connectivity index (χ3n) is 5.72. The molecule has 8 nitrogen and oxygen atoms in total. The van der Waals surface area contributed by atoms with Gasteiger partial charge in [0.25, 0.3) is 0 Å². The van der Waals surface area contributed by atoms with Gasteiger partial charge in [-0.1, -0.05) is 36.0 Å². The number of thioether (sulfide) groups is 1. The molecule has 0 radical (unpaired) electrons. The Balaban J connectivity index is 1.27. The molecule has 0 aliphatic heterocycles. The monoisotopic (exact) mass is 484 g/mol. The van der Waals surface area contributed by atoms with E-state index in [0.717, 1.165) is 11.3 Å². The van der Waals surface area contributed by atoms with E-state index >= 15 is 0 Å². The van der Waals surface area contributed by atoms with Crippen molar-refractivity contribution < 1.29 is 19.1 Å². The Morgan fingerprint density at radius 3 is 2.26 bits per heavy atom. The molecule has 35 heavy (non-hydrogen) atoms. The number of amides is 1. The van der Waals surface area contributed by atoms with E-state index < -0.39 is 0 Å². The van der Waals surface area contributed by atoms with Gasteiger partial charge in [-0.25, -0.2) is 0 Å². The van der Waals surface area contributed by atoms with Crippen molar-refractivity contribution in [1.82, 2.24) is 14.8 Å². The van der Waals surface area contributed by atoms with Gasteiger partial charge in [-0.2, -0.15) is 0 Å². The van der Waals surface area contributed by atoms with Crippen LogP contribution in [0.4, 0.5) is 5.69 Å². The lowest BCUT2D eigenvalue weighted by Gasteiger charge is -2.18. The number of benzene rings is 3. The summed E-state index contributed by atoms with van der Waals surface area (Å²) in [5.41, 5.74) is 2.73. The quantitative estimate of drug-likeness (QED) is 0.364. The Kier molecular flexibility index (Phi) is 5.92. The van der Waals surface area contributed by atoms with Crippen LogP contribution in [0.3, 0.4) is 0 Å². The number of rotatable bonds is 6. The fourth-order valence-corrected chi connectivity index (χ4v) is 4.65. The summed E-state index contributed by atoms with van der Waals surface area (Å²) in [7, 11) is 3.45. The van der Waals surface area contributed by atoms with Crippen LogP contribution >= 0.6 is 11.8 Å². The maximum absolute atomic E-state index is 12.9. The number of aromatic nitrogens is 3.